The molecule has 0 aromatic carbocycles. The largest absolute Gasteiger partial charge is 0.312 e. The van der Waals surface area contributed by atoms with E-state index >= 15 is 0 Å². The van der Waals surface area contributed by atoms with Crippen LogP contribution in [0.25, 0.3) is 0 Å². The van der Waals surface area contributed by atoms with Crippen molar-refractivity contribution in [3.8, 4) is 0 Å². The molecule has 0 aliphatic carbocycles. The zero-order valence-electron chi connectivity index (χ0n) is 12.2. The molecular formula is C13H22ClN3O2S. The summed E-state index contributed by atoms with van der Waals surface area (Å²) in [6.45, 7) is 5.52. The first-order chi connectivity index (χ1) is 9.30. The molecule has 1 aliphatic heterocycles. The normalized spacial score (nSPS) is 21.8. The van der Waals surface area contributed by atoms with Gasteiger partial charge in [-0.15, -0.1) is 0 Å². The number of sulfone groups is 1. The average molecular weight is 320 g/mol. The van der Waals surface area contributed by atoms with Crippen molar-refractivity contribution in [1.82, 2.24) is 15.1 Å². The minimum absolute atomic E-state index is 0.220. The maximum Gasteiger partial charge on any atom is 0.150 e. The maximum absolute atomic E-state index is 11.4. The van der Waals surface area contributed by atoms with Gasteiger partial charge in [0.2, 0.25) is 0 Å². The van der Waals surface area contributed by atoms with Crippen LogP contribution in [-0.2, 0) is 23.4 Å². The summed E-state index contributed by atoms with van der Waals surface area (Å²) in [4.78, 5) is 0. The molecule has 5 nitrogen and oxygen atoms in total. The van der Waals surface area contributed by atoms with Crippen molar-refractivity contribution in [1.29, 1.82) is 0 Å². The standard InChI is InChI=1S/C13H22ClN3O2S/c1-9(2)12-11(13(14)17(3)16-12)7-15-6-10-4-5-20(18,19)8-10/h9-10,15H,4-8H2,1-3H3/t10-/m1/s1. The lowest BCUT2D eigenvalue weighted by Gasteiger charge is -2.11. The third-order valence-electron chi connectivity index (χ3n) is 3.71. The summed E-state index contributed by atoms with van der Waals surface area (Å²) >= 11 is 6.26. The minimum atomic E-state index is -2.80. The monoisotopic (exact) mass is 319 g/mol. The quantitative estimate of drug-likeness (QED) is 0.897. The van der Waals surface area contributed by atoms with Gasteiger partial charge in [-0.2, -0.15) is 5.10 Å². The zero-order chi connectivity index (χ0) is 14.9. The van der Waals surface area contributed by atoms with Crippen molar-refractivity contribution in [2.75, 3.05) is 18.1 Å². The lowest BCUT2D eigenvalue weighted by atomic mass is 10.1. The van der Waals surface area contributed by atoms with Crippen LogP contribution in [0, 0.1) is 5.92 Å². The number of aromatic nitrogens is 2. The molecule has 1 saturated heterocycles. The summed E-state index contributed by atoms with van der Waals surface area (Å²) in [5.74, 6) is 1.16. The van der Waals surface area contributed by atoms with Crippen LogP contribution in [0.2, 0.25) is 5.15 Å². The van der Waals surface area contributed by atoms with Gasteiger partial charge in [0.15, 0.2) is 9.84 Å². The van der Waals surface area contributed by atoms with Gasteiger partial charge in [-0.3, -0.25) is 4.68 Å². The van der Waals surface area contributed by atoms with Crippen molar-refractivity contribution in [3.05, 3.63) is 16.4 Å². The first-order valence-corrected chi connectivity index (χ1v) is 9.12. The predicted octanol–water partition coefficient (Wildman–Crippen LogP) is 1.72. The van der Waals surface area contributed by atoms with E-state index < -0.39 is 9.84 Å². The minimum Gasteiger partial charge on any atom is -0.312 e. The van der Waals surface area contributed by atoms with Crippen LogP contribution < -0.4 is 5.32 Å². The van der Waals surface area contributed by atoms with E-state index in [4.69, 9.17) is 11.6 Å². The van der Waals surface area contributed by atoms with E-state index in [-0.39, 0.29) is 5.92 Å². The van der Waals surface area contributed by atoms with E-state index in [0.717, 1.165) is 17.7 Å². The summed E-state index contributed by atoms with van der Waals surface area (Å²) in [5, 5.41) is 8.41. The Bertz CT molecular complexity index is 581. The number of rotatable bonds is 5. The van der Waals surface area contributed by atoms with Crippen molar-refractivity contribution in [3.63, 3.8) is 0 Å². The Kier molecular flexibility index (Phi) is 4.76. The Hall–Kier alpha value is -0.590. The summed E-state index contributed by atoms with van der Waals surface area (Å²) in [5.41, 5.74) is 2.02. The summed E-state index contributed by atoms with van der Waals surface area (Å²) in [7, 11) is -0.964. The Morgan fingerprint density at radius 1 is 1.50 bits per heavy atom. The SMILES string of the molecule is CC(C)c1nn(C)c(Cl)c1CNC[C@H]1CCS(=O)(=O)C1. The first kappa shape index (κ1) is 15.8. The fraction of sp³-hybridized carbons (Fsp3) is 0.769. The molecule has 1 atom stereocenters. The van der Waals surface area contributed by atoms with Crippen LogP contribution >= 0.6 is 11.6 Å². The molecule has 1 aromatic heterocycles. The molecule has 7 heteroatoms. The predicted molar refractivity (Wildman–Crippen MR) is 80.8 cm³/mol. The molecule has 1 aliphatic rings. The van der Waals surface area contributed by atoms with Gasteiger partial charge in [0, 0.05) is 19.2 Å². The van der Waals surface area contributed by atoms with Crippen LogP contribution in [0.5, 0.6) is 0 Å². The molecule has 1 N–H and O–H groups in total. The molecule has 2 rings (SSSR count). The highest BCUT2D eigenvalue weighted by molar-refractivity contribution is 7.91. The first-order valence-electron chi connectivity index (χ1n) is 6.92. The number of hydrogen-bond acceptors (Lipinski definition) is 4. The highest BCUT2D eigenvalue weighted by Crippen LogP contribution is 2.25. The lowest BCUT2D eigenvalue weighted by molar-refractivity contribution is 0.519. The van der Waals surface area contributed by atoms with Gasteiger partial charge >= 0.3 is 0 Å². The molecule has 114 valence electrons. The van der Waals surface area contributed by atoms with Gasteiger partial charge in [-0.25, -0.2) is 8.42 Å². The van der Waals surface area contributed by atoms with Gasteiger partial charge in [0.1, 0.15) is 5.15 Å². The number of nitrogens with zero attached hydrogens (tertiary/aromatic N) is 2. The fourth-order valence-corrected chi connectivity index (χ4v) is 4.69. The Morgan fingerprint density at radius 3 is 2.75 bits per heavy atom. The number of halogens is 1. The van der Waals surface area contributed by atoms with Gasteiger partial charge < -0.3 is 5.32 Å². The molecule has 0 radical (unpaired) electrons. The Morgan fingerprint density at radius 2 is 2.20 bits per heavy atom. The van der Waals surface area contributed by atoms with Gasteiger partial charge in [0.25, 0.3) is 0 Å². The van der Waals surface area contributed by atoms with Crippen LogP contribution in [-0.4, -0.2) is 36.2 Å². The highest BCUT2D eigenvalue weighted by Gasteiger charge is 2.27. The second-order valence-corrected chi connectivity index (χ2v) is 8.42. The molecule has 20 heavy (non-hydrogen) atoms. The maximum atomic E-state index is 11.4. The third-order valence-corrected chi connectivity index (χ3v) is 6.02. The van der Waals surface area contributed by atoms with E-state index in [1.807, 2.05) is 7.05 Å². The van der Waals surface area contributed by atoms with Crippen molar-refractivity contribution < 1.29 is 8.42 Å². The Balaban J connectivity index is 1.95. The molecule has 0 amide bonds. The molecule has 0 bridgehead atoms. The molecule has 2 heterocycles. The molecule has 0 saturated carbocycles. The average Bonchev–Trinajstić information content (AvgIpc) is 2.83. The molecular weight excluding hydrogens is 298 g/mol. The van der Waals surface area contributed by atoms with E-state index in [1.165, 1.54) is 0 Å². The van der Waals surface area contributed by atoms with E-state index in [0.29, 0.717) is 35.7 Å². The smallest absolute Gasteiger partial charge is 0.150 e. The van der Waals surface area contributed by atoms with Crippen LogP contribution in [0.4, 0.5) is 0 Å². The highest BCUT2D eigenvalue weighted by atomic mass is 35.5. The topological polar surface area (TPSA) is 64.0 Å². The summed E-state index contributed by atoms with van der Waals surface area (Å²) in [6, 6.07) is 0. The molecule has 0 spiro atoms. The number of hydrogen-bond donors (Lipinski definition) is 1. The number of aryl methyl sites for hydroxylation is 1. The molecule has 1 aromatic rings. The molecule has 1 fully saturated rings. The molecule has 0 unspecified atom stereocenters. The van der Waals surface area contributed by atoms with Crippen molar-refractivity contribution >= 4 is 21.4 Å². The van der Waals surface area contributed by atoms with Crippen LogP contribution in [0.3, 0.4) is 0 Å². The van der Waals surface area contributed by atoms with E-state index in [1.54, 1.807) is 4.68 Å². The lowest BCUT2D eigenvalue weighted by Crippen LogP contribution is -2.23. The van der Waals surface area contributed by atoms with Gasteiger partial charge in [-0.05, 0) is 24.8 Å². The summed E-state index contributed by atoms with van der Waals surface area (Å²) < 4.78 is 24.5. The zero-order valence-corrected chi connectivity index (χ0v) is 13.8. The Labute approximate surface area is 125 Å². The summed E-state index contributed by atoms with van der Waals surface area (Å²) in [6.07, 6.45) is 0.757. The third kappa shape index (κ3) is 3.54. The van der Waals surface area contributed by atoms with Crippen molar-refractivity contribution in [2.24, 2.45) is 13.0 Å². The fourth-order valence-electron chi connectivity index (χ4n) is 2.63. The van der Waals surface area contributed by atoms with Crippen molar-refractivity contribution in [2.45, 2.75) is 32.7 Å². The van der Waals surface area contributed by atoms with Gasteiger partial charge in [-0.1, -0.05) is 25.4 Å². The van der Waals surface area contributed by atoms with Gasteiger partial charge in [0.05, 0.1) is 17.2 Å². The number of nitrogens with one attached hydrogen (secondary N) is 1. The van der Waals surface area contributed by atoms with Crippen LogP contribution in [0.1, 0.15) is 37.4 Å². The van der Waals surface area contributed by atoms with E-state index in [9.17, 15) is 8.42 Å². The second-order valence-electron chi connectivity index (χ2n) is 5.83. The van der Waals surface area contributed by atoms with Crippen LogP contribution in [0.15, 0.2) is 0 Å². The second kappa shape index (κ2) is 6.03. The van der Waals surface area contributed by atoms with E-state index in [2.05, 4.69) is 24.3 Å².